The maximum Gasteiger partial charge on any atom is 0.373 e. The van der Waals surface area contributed by atoms with Gasteiger partial charge >= 0.3 is 12.0 Å². The first-order chi connectivity index (χ1) is 9.41. The molecule has 1 N–H and O–H groups in total. The lowest BCUT2D eigenvalue weighted by Gasteiger charge is -2.13. The van der Waals surface area contributed by atoms with Crippen molar-refractivity contribution < 1.29 is 19.1 Å². The van der Waals surface area contributed by atoms with Crippen LogP contribution in [-0.2, 0) is 0 Å². The Morgan fingerprint density at radius 1 is 1.35 bits per heavy atom. The van der Waals surface area contributed by atoms with Crippen LogP contribution in [0.4, 0.5) is 6.01 Å². The molecule has 0 aliphatic rings. The molecule has 0 saturated carbocycles. The number of aryl methyl sites for hydroxylation is 1. The van der Waals surface area contributed by atoms with E-state index in [0.29, 0.717) is 5.02 Å². The van der Waals surface area contributed by atoms with Gasteiger partial charge in [0.1, 0.15) is 0 Å². The molecule has 7 heteroatoms. The highest BCUT2D eigenvalue weighted by Gasteiger charge is 2.23. The number of amides is 1. The zero-order valence-electron chi connectivity index (χ0n) is 10.8. The van der Waals surface area contributed by atoms with Gasteiger partial charge in [-0.3, -0.25) is 9.69 Å². The summed E-state index contributed by atoms with van der Waals surface area (Å²) in [6, 6.07) is 6.44. The van der Waals surface area contributed by atoms with Crippen LogP contribution in [0.2, 0.25) is 5.02 Å². The third kappa shape index (κ3) is 2.50. The van der Waals surface area contributed by atoms with Crippen molar-refractivity contribution in [3.05, 3.63) is 46.3 Å². The first-order valence-electron chi connectivity index (χ1n) is 5.65. The number of carboxylic acids is 1. The molecule has 2 aromatic rings. The predicted octanol–water partition coefficient (Wildman–Crippen LogP) is 2.61. The van der Waals surface area contributed by atoms with Crippen LogP contribution in [0.3, 0.4) is 0 Å². The van der Waals surface area contributed by atoms with Gasteiger partial charge in [0, 0.05) is 7.05 Å². The summed E-state index contributed by atoms with van der Waals surface area (Å²) in [5.74, 6) is -1.97. The average molecular weight is 295 g/mol. The van der Waals surface area contributed by atoms with Crippen molar-refractivity contribution in [2.45, 2.75) is 6.92 Å². The molecular formula is C13H11ClN2O4. The fraction of sp³-hybridized carbons (Fsp3) is 0.154. The van der Waals surface area contributed by atoms with Crippen molar-refractivity contribution >= 4 is 29.5 Å². The van der Waals surface area contributed by atoms with Crippen LogP contribution < -0.4 is 4.90 Å². The number of carbonyl (C=O) groups is 2. The molecule has 0 fully saturated rings. The monoisotopic (exact) mass is 294 g/mol. The molecule has 0 atom stereocenters. The minimum absolute atomic E-state index is 0.0928. The van der Waals surface area contributed by atoms with E-state index in [-0.39, 0.29) is 23.0 Å². The molecule has 1 amide bonds. The topological polar surface area (TPSA) is 83.6 Å². The SMILES string of the molecule is Cc1nc(N(C)C(=O)c2ccccc2Cl)oc1C(=O)O. The number of hydrogen-bond donors (Lipinski definition) is 1. The molecule has 0 bridgehead atoms. The molecule has 2 rings (SSSR count). The van der Waals surface area contributed by atoms with Gasteiger partial charge in [-0.15, -0.1) is 0 Å². The van der Waals surface area contributed by atoms with Crippen molar-refractivity contribution in [1.29, 1.82) is 0 Å². The van der Waals surface area contributed by atoms with E-state index in [2.05, 4.69) is 4.98 Å². The number of aromatic nitrogens is 1. The number of benzene rings is 1. The van der Waals surface area contributed by atoms with Gasteiger partial charge in [-0.25, -0.2) is 4.79 Å². The van der Waals surface area contributed by atoms with Crippen LogP contribution in [-0.4, -0.2) is 29.0 Å². The molecule has 0 unspecified atom stereocenters. The van der Waals surface area contributed by atoms with Crippen LogP contribution in [0.1, 0.15) is 26.6 Å². The van der Waals surface area contributed by atoms with Gasteiger partial charge in [-0.1, -0.05) is 23.7 Å². The third-order valence-corrected chi connectivity index (χ3v) is 3.00. The van der Waals surface area contributed by atoms with Gasteiger partial charge in [0.2, 0.25) is 5.76 Å². The highest BCUT2D eigenvalue weighted by atomic mass is 35.5. The lowest BCUT2D eigenvalue weighted by Crippen LogP contribution is -2.26. The summed E-state index contributed by atoms with van der Waals surface area (Å²) in [6.07, 6.45) is 0. The fourth-order valence-corrected chi connectivity index (χ4v) is 1.84. The molecule has 0 spiro atoms. The molecule has 0 saturated heterocycles. The lowest BCUT2D eigenvalue weighted by molar-refractivity contribution is 0.0661. The number of oxazole rings is 1. The van der Waals surface area contributed by atoms with Crippen LogP contribution in [0.15, 0.2) is 28.7 Å². The third-order valence-electron chi connectivity index (χ3n) is 2.68. The van der Waals surface area contributed by atoms with Crippen molar-refractivity contribution in [3.8, 4) is 0 Å². The number of carbonyl (C=O) groups excluding carboxylic acids is 1. The number of carboxylic acid groups (broad SMARTS) is 1. The van der Waals surface area contributed by atoms with E-state index in [9.17, 15) is 9.59 Å². The Morgan fingerprint density at radius 2 is 2.00 bits per heavy atom. The zero-order valence-corrected chi connectivity index (χ0v) is 11.5. The zero-order chi connectivity index (χ0) is 14.9. The number of hydrogen-bond acceptors (Lipinski definition) is 4. The van der Waals surface area contributed by atoms with Crippen molar-refractivity contribution in [1.82, 2.24) is 4.98 Å². The highest BCUT2D eigenvalue weighted by Crippen LogP contribution is 2.22. The maximum absolute atomic E-state index is 12.3. The molecule has 0 aliphatic carbocycles. The fourth-order valence-electron chi connectivity index (χ4n) is 1.63. The van der Waals surface area contributed by atoms with Crippen LogP contribution in [0.5, 0.6) is 0 Å². The normalized spacial score (nSPS) is 10.3. The Labute approximate surface area is 119 Å². The average Bonchev–Trinajstić information content (AvgIpc) is 2.80. The molecule has 20 heavy (non-hydrogen) atoms. The van der Waals surface area contributed by atoms with E-state index in [1.54, 1.807) is 24.3 Å². The summed E-state index contributed by atoms with van der Waals surface area (Å²) in [7, 11) is 1.43. The number of aromatic carboxylic acids is 1. The Morgan fingerprint density at radius 3 is 2.55 bits per heavy atom. The minimum atomic E-state index is -1.24. The van der Waals surface area contributed by atoms with Gasteiger partial charge in [-0.05, 0) is 19.1 Å². The predicted molar refractivity (Wildman–Crippen MR) is 72.4 cm³/mol. The van der Waals surface area contributed by atoms with Gasteiger partial charge in [0.25, 0.3) is 5.91 Å². The second-order valence-corrected chi connectivity index (χ2v) is 4.47. The molecule has 6 nitrogen and oxygen atoms in total. The summed E-state index contributed by atoms with van der Waals surface area (Å²) in [4.78, 5) is 28.2. The van der Waals surface area contributed by atoms with Crippen LogP contribution >= 0.6 is 11.6 Å². The highest BCUT2D eigenvalue weighted by molar-refractivity contribution is 6.34. The van der Waals surface area contributed by atoms with E-state index in [1.807, 2.05) is 0 Å². The number of rotatable bonds is 3. The number of nitrogens with zero attached hydrogens (tertiary/aromatic N) is 2. The smallest absolute Gasteiger partial charge is 0.373 e. The summed E-state index contributed by atoms with van der Waals surface area (Å²) < 4.78 is 5.07. The number of halogens is 1. The van der Waals surface area contributed by atoms with Crippen molar-refractivity contribution in [3.63, 3.8) is 0 Å². The summed E-state index contributed by atoms with van der Waals surface area (Å²) in [6.45, 7) is 1.49. The van der Waals surface area contributed by atoms with Crippen LogP contribution in [0, 0.1) is 6.92 Å². The Hall–Kier alpha value is -2.34. The quantitative estimate of drug-likeness (QED) is 0.940. The second kappa shape index (κ2) is 5.34. The van der Waals surface area contributed by atoms with E-state index >= 15 is 0 Å². The van der Waals surface area contributed by atoms with Gasteiger partial charge in [0.05, 0.1) is 16.3 Å². The minimum Gasteiger partial charge on any atom is -0.475 e. The molecule has 0 radical (unpaired) electrons. The van der Waals surface area contributed by atoms with Gasteiger partial charge in [-0.2, -0.15) is 4.98 Å². The maximum atomic E-state index is 12.3. The largest absolute Gasteiger partial charge is 0.475 e. The van der Waals surface area contributed by atoms with E-state index in [1.165, 1.54) is 14.0 Å². The second-order valence-electron chi connectivity index (χ2n) is 4.06. The number of anilines is 1. The summed E-state index contributed by atoms with van der Waals surface area (Å²) in [5, 5.41) is 9.20. The standard InChI is InChI=1S/C13H11ClN2O4/c1-7-10(12(18)19)20-13(15-7)16(2)11(17)8-5-3-4-6-9(8)14/h3-6H,1-2H3,(H,18,19). The van der Waals surface area contributed by atoms with E-state index < -0.39 is 11.9 Å². The summed E-state index contributed by atoms with van der Waals surface area (Å²) in [5.41, 5.74) is 0.482. The van der Waals surface area contributed by atoms with E-state index in [0.717, 1.165) is 4.90 Å². The summed E-state index contributed by atoms with van der Waals surface area (Å²) >= 11 is 5.94. The van der Waals surface area contributed by atoms with E-state index in [4.69, 9.17) is 21.1 Å². The van der Waals surface area contributed by atoms with Gasteiger partial charge in [0.15, 0.2) is 0 Å². The Kier molecular flexibility index (Phi) is 3.76. The Bertz CT molecular complexity index is 681. The Balaban J connectivity index is 2.34. The molecule has 1 heterocycles. The first kappa shape index (κ1) is 14.1. The molecule has 0 aliphatic heterocycles. The van der Waals surface area contributed by atoms with Gasteiger partial charge < -0.3 is 9.52 Å². The molecule has 1 aromatic carbocycles. The molecular weight excluding hydrogens is 284 g/mol. The first-order valence-corrected chi connectivity index (χ1v) is 6.03. The lowest BCUT2D eigenvalue weighted by atomic mass is 10.2. The van der Waals surface area contributed by atoms with Crippen molar-refractivity contribution in [2.75, 3.05) is 11.9 Å². The molecule has 104 valence electrons. The van der Waals surface area contributed by atoms with Crippen molar-refractivity contribution in [2.24, 2.45) is 0 Å². The van der Waals surface area contributed by atoms with Crippen LogP contribution in [0.25, 0.3) is 0 Å². The molecule has 1 aromatic heterocycles.